The average molecular weight is 488 g/mol. The molecule has 1 aromatic heterocycles. The Labute approximate surface area is 216 Å². The predicted molar refractivity (Wildman–Crippen MR) is 150 cm³/mol. The number of hydrogen-bond acceptors (Lipinski definition) is 2. The number of aryl methyl sites for hydroxylation is 2. The highest BCUT2D eigenvalue weighted by atomic mass is 16.2. The van der Waals surface area contributed by atoms with Crippen LogP contribution in [0.5, 0.6) is 0 Å². The molecule has 0 radical (unpaired) electrons. The van der Waals surface area contributed by atoms with Crippen LogP contribution < -0.4 is 10.6 Å². The Balaban J connectivity index is 1.41. The van der Waals surface area contributed by atoms with Gasteiger partial charge in [-0.2, -0.15) is 0 Å². The molecule has 2 N–H and O–H groups in total. The number of nitrogens with one attached hydrogen (secondary N) is 2. The molecule has 5 aromatic rings. The van der Waals surface area contributed by atoms with Crippen molar-refractivity contribution in [1.29, 1.82) is 0 Å². The number of carbonyl (C=O) groups is 2. The van der Waals surface area contributed by atoms with Crippen molar-refractivity contribution in [3.05, 3.63) is 132 Å². The van der Waals surface area contributed by atoms with Crippen LogP contribution in [0, 0.1) is 6.92 Å². The van der Waals surface area contributed by atoms with Crippen molar-refractivity contribution in [3.8, 4) is 0 Å². The molecule has 0 aliphatic rings. The SMILES string of the molecule is Cc1cccc(Cn2c(C(=O)Nc3ccccc3)cc3cc(NC(=O)CCc4ccccc4)ccc32)c1. The predicted octanol–water partition coefficient (Wildman–Crippen LogP) is 6.82. The monoisotopic (exact) mass is 487 g/mol. The number of para-hydroxylation sites is 1. The molecule has 0 atom stereocenters. The van der Waals surface area contributed by atoms with Crippen LogP contribution in [0.2, 0.25) is 0 Å². The molecule has 0 saturated heterocycles. The van der Waals surface area contributed by atoms with E-state index in [1.807, 2.05) is 95.6 Å². The number of fused-ring (bicyclic) bond motifs is 1. The second-order valence-electron chi connectivity index (χ2n) is 9.23. The smallest absolute Gasteiger partial charge is 0.272 e. The molecule has 2 amide bonds. The molecule has 5 heteroatoms. The lowest BCUT2D eigenvalue weighted by atomic mass is 10.1. The van der Waals surface area contributed by atoms with Crippen molar-refractivity contribution in [2.24, 2.45) is 0 Å². The highest BCUT2D eigenvalue weighted by molar-refractivity contribution is 6.07. The number of amides is 2. The number of benzene rings is 4. The molecule has 0 bridgehead atoms. The quantitative estimate of drug-likeness (QED) is 0.252. The molecule has 5 nitrogen and oxygen atoms in total. The van der Waals surface area contributed by atoms with Gasteiger partial charge in [0, 0.05) is 35.2 Å². The summed E-state index contributed by atoms with van der Waals surface area (Å²) in [4.78, 5) is 25.9. The molecular formula is C32H29N3O2. The third kappa shape index (κ3) is 5.96. The van der Waals surface area contributed by atoms with Crippen LogP contribution in [0.1, 0.15) is 33.6 Å². The Bertz CT molecular complexity index is 1540. The van der Waals surface area contributed by atoms with Crippen LogP contribution in [0.3, 0.4) is 0 Å². The molecule has 0 spiro atoms. The van der Waals surface area contributed by atoms with E-state index in [0.29, 0.717) is 30.8 Å². The molecule has 37 heavy (non-hydrogen) atoms. The maximum atomic E-state index is 13.3. The lowest BCUT2D eigenvalue weighted by Crippen LogP contribution is -2.17. The van der Waals surface area contributed by atoms with Gasteiger partial charge in [0.1, 0.15) is 5.69 Å². The Morgan fingerprint density at radius 3 is 2.19 bits per heavy atom. The first kappa shape index (κ1) is 24.1. The zero-order chi connectivity index (χ0) is 25.6. The van der Waals surface area contributed by atoms with Gasteiger partial charge in [-0.1, -0.05) is 78.4 Å². The van der Waals surface area contributed by atoms with Crippen molar-refractivity contribution >= 4 is 34.1 Å². The van der Waals surface area contributed by atoms with E-state index in [-0.39, 0.29) is 11.8 Å². The zero-order valence-electron chi connectivity index (χ0n) is 20.8. The first-order chi connectivity index (χ1) is 18.0. The summed E-state index contributed by atoms with van der Waals surface area (Å²) in [6.45, 7) is 2.62. The molecule has 1 heterocycles. The number of rotatable bonds is 8. The van der Waals surface area contributed by atoms with Crippen molar-refractivity contribution in [2.75, 3.05) is 10.6 Å². The lowest BCUT2D eigenvalue weighted by Gasteiger charge is -2.12. The minimum atomic E-state index is -0.177. The summed E-state index contributed by atoms with van der Waals surface area (Å²) in [5, 5.41) is 6.91. The average Bonchev–Trinajstić information content (AvgIpc) is 3.26. The lowest BCUT2D eigenvalue weighted by molar-refractivity contribution is -0.116. The van der Waals surface area contributed by atoms with E-state index in [0.717, 1.165) is 27.7 Å². The zero-order valence-corrected chi connectivity index (χ0v) is 20.8. The number of hydrogen-bond donors (Lipinski definition) is 2. The van der Waals surface area contributed by atoms with E-state index in [9.17, 15) is 9.59 Å². The molecule has 184 valence electrons. The van der Waals surface area contributed by atoms with Gasteiger partial charge in [0.2, 0.25) is 5.91 Å². The number of nitrogens with zero attached hydrogens (tertiary/aromatic N) is 1. The molecule has 0 aliphatic heterocycles. The van der Waals surface area contributed by atoms with Gasteiger partial charge in [0.15, 0.2) is 0 Å². The Morgan fingerprint density at radius 1 is 0.703 bits per heavy atom. The van der Waals surface area contributed by atoms with Crippen LogP contribution in [0.25, 0.3) is 10.9 Å². The Kier molecular flexibility index (Phi) is 7.13. The van der Waals surface area contributed by atoms with E-state index >= 15 is 0 Å². The largest absolute Gasteiger partial charge is 0.332 e. The van der Waals surface area contributed by atoms with Gasteiger partial charge in [0.05, 0.1) is 0 Å². The summed E-state index contributed by atoms with van der Waals surface area (Å²) in [6, 6.07) is 35.4. The standard InChI is InChI=1S/C32H29N3O2/c1-23-9-8-12-25(19-23)22-35-29-17-16-28(33-31(36)18-15-24-10-4-2-5-11-24)20-26(29)21-30(35)32(37)34-27-13-6-3-7-14-27/h2-14,16-17,19-21H,15,18,22H2,1H3,(H,33,36)(H,34,37). The summed E-state index contributed by atoms with van der Waals surface area (Å²) < 4.78 is 2.03. The van der Waals surface area contributed by atoms with Crippen molar-refractivity contribution < 1.29 is 9.59 Å². The topological polar surface area (TPSA) is 63.1 Å². The summed E-state index contributed by atoms with van der Waals surface area (Å²) >= 11 is 0. The first-order valence-corrected chi connectivity index (χ1v) is 12.4. The van der Waals surface area contributed by atoms with Crippen LogP contribution in [0.4, 0.5) is 11.4 Å². The van der Waals surface area contributed by atoms with Gasteiger partial charge >= 0.3 is 0 Å². The van der Waals surface area contributed by atoms with Gasteiger partial charge < -0.3 is 15.2 Å². The van der Waals surface area contributed by atoms with Crippen LogP contribution >= 0.6 is 0 Å². The highest BCUT2D eigenvalue weighted by Crippen LogP contribution is 2.26. The van der Waals surface area contributed by atoms with Crippen molar-refractivity contribution in [2.45, 2.75) is 26.3 Å². The Morgan fingerprint density at radius 2 is 1.43 bits per heavy atom. The van der Waals surface area contributed by atoms with Crippen molar-refractivity contribution in [3.63, 3.8) is 0 Å². The molecule has 5 rings (SSSR count). The van der Waals surface area contributed by atoms with E-state index in [1.165, 1.54) is 5.56 Å². The highest BCUT2D eigenvalue weighted by Gasteiger charge is 2.17. The van der Waals surface area contributed by atoms with Crippen LogP contribution in [-0.4, -0.2) is 16.4 Å². The molecule has 0 fully saturated rings. The van der Waals surface area contributed by atoms with Crippen molar-refractivity contribution in [1.82, 2.24) is 4.57 Å². The first-order valence-electron chi connectivity index (χ1n) is 12.4. The fourth-order valence-corrected chi connectivity index (χ4v) is 4.54. The minimum absolute atomic E-state index is 0.0376. The third-order valence-corrected chi connectivity index (χ3v) is 6.36. The van der Waals surface area contributed by atoms with E-state index in [1.54, 1.807) is 0 Å². The summed E-state index contributed by atoms with van der Waals surface area (Å²) in [7, 11) is 0. The number of aromatic nitrogens is 1. The van der Waals surface area contributed by atoms with E-state index in [2.05, 4.69) is 35.8 Å². The Hall–Kier alpha value is -4.64. The van der Waals surface area contributed by atoms with Gasteiger partial charge in [-0.3, -0.25) is 9.59 Å². The van der Waals surface area contributed by atoms with Gasteiger partial charge in [-0.15, -0.1) is 0 Å². The van der Waals surface area contributed by atoms with E-state index < -0.39 is 0 Å². The number of carbonyl (C=O) groups excluding carboxylic acids is 2. The fraction of sp³-hybridized carbons (Fsp3) is 0.125. The summed E-state index contributed by atoms with van der Waals surface area (Å²) in [5.74, 6) is -0.215. The molecule has 0 saturated carbocycles. The molecular weight excluding hydrogens is 458 g/mol. The van der Waals surface area contributed by atoms with E-state index in [4.69, 9.17) is 0 Å². The van der Waals surface area contributed by atoms with Gasteiger partial charge in [0.25, 0.3) is 5.91 Å². The second kappa shape index (κ2) is 11.0. The van der Waals surface area contributed by atoms with Gasteiger partial charge in [-0.05, 0) is 60.9 Å². The number of anilines is 2. The maximum absolute atomic E-state index is 13.3. The maximum Gasteiger partial charge on any atom is 0.272 e. The van der Waals surface area contributed by atoms with Crippen LogP contribution in [-0.2, 0) is 17.8 Å². The molecule has 0 aliphatic carbocycles. The minimum Gasteiger partial charge on any atom is -0.332 e. The molecule has 4 aromatic carbocycles. The van der Waals surface area contributed by atoms with Crippen LogP contribution in [0.15, 0.2) is 109 Å². The second-order valence-corrected chi connectivity index (χ2v) is 9.23. The molecule has 0 unspecified atom stereocenters. The normalized spacial score (nSPS) is 10.8. The third-order valence-electron chi connectivity index (χ3n) is 6.36. The summed E-state index contributed by atoms with van der Waals surface area (Å²) in [5.41, 5.74) is 6.37. The fourth-order valence-electron chi connectivity index (χ4n) is 4.54. The van der Waals surface area contributed by atoms with Gasteiger partial charge in [-0.25, -0.2) is 0 Å². The summed E-state index contributed by atoms with van der Waals surface area (Å²) in [6.07, 6.45) is 1.09.